The van der Waals surface area contributed by atoms with Crippen molar-refractivity contribution in [3.05, 3.63) is 11.8 Å². The third kappa shape index (κ3) is 6.06. The number of ether oxygens (including phenoxy) is 2. The minimum atomic E-state index is -3.64. The van der Waals surface area contributed by atoms with E-state index in [1.165, 1.54) is 0 Å². The maximum Gasteiger partial charge on any atom is 0.529 e. The molecule has 28 heavy (non-hydrogen) atoms. The van der Waals surface area contributed by atoms with Gasteiger partial charge in [-0.05, 0) is 37.7 Å². The molecule has 3 atom stereocenters. The van der Waals surface area contributed by atoms with Crippen molar-refractivity contribution in [2.45, 2.75) is 79.4 Å². The van der Waals surface area contributed by atoms with Crippen molar-refractivity contribution in [3.63, 3.8) is 0 Å². The summed E-state index contributed by atoms with van der Waals surface area (Å²) in [5.74, 6) is 0.684. The maximum absolute atomic E-state index is 13.2. The quantitative estimate of drug-likeness (QED) is 0.379. The molecule has 1 unspecified atom stereocenters. The van der Waals surface area contributed by atoms with Crippen molar-refractivity contribution in [1.82, 2.24) is 0 Å². The second kappa shape index (κ2) is 10.1. The lowest BCUT2D eigenvalue weighted by atomic mass is 9.72. The van der Waals surface area contributed by atoms with Gasteiger partial charge in [-0.3, -0.25) is 9.05 Å². The van der Waals surface area contributed by atoms with E-state index in [1.54, 1.807) is 0 Å². The van der Waals surface area contributed by atoms with Crippen molar-refractivity contribution in [2.75, 3.05) is 26.4 Å². The Kier molecular flexibility index (Phi) is 8.60. The summed E-state index contributed by atoms with van der Waals surface area (Å²) in [6, 6.07) is 0. The van der Waals surface area contributed by atoms with Crippen LogP contribution >= 0.6 is 7.82 Å². The lowest BCUT2D eigenvalue weighted by Crippen LogP contribution is -2.45. The van der Waals surface area contributed by atoms with Crippen LogP contribution < -0.4 is 0 Å². The second-order valence-corrected chi connectivity index (χ2v) is 10.3. The molecule has 1 saturated heterocycles. The van der Waals surface area contributed by atoms with E-state index < -0.39 is 13.6 Å². The normalized spacial score (nSPS) is 27.3. The summed E-state index contributed by atoms with van der Waals surface area (Å²) >= 11 is 0. The van der Waals surface area contributed by atoms with Gasteiger partial charge in [0.1, 0.15) is 5.76 Å². The van der Waals surface area contributed by atoms with Gasteiger partial charge in [0.25, 0.3) is 0 Å². The predicted molar refractivity (Wildman–Crippen MR) is 110 cm³/mol. The molecular formula is C21H39O6P. The summed E-state index contributed by atoms with van der Waals surface area (Å²) in [6.07, 6.45) is 6.10. The Morgan fingerprint density at radius 3 is 2.04 bits per heavy atom. The van der Waals surface area contributed by atoms with Crippen molar-refractivity contribution in [3.8, 4) is 0 Å². The lowest BCUT2D eigenvalue weighted by Gasteiger charge is -2.43. The first kappa shape index (κ1) is 23.9. The van der Waals surface area contributed by atoms with Gasteiger partial charge >= 0.3 is 7.82 Å². The van der Waals surface area contributed by atoms with E-state index in [1.807, 2.05) is 13.0 Å². The fraction of sp³-hybridized carbons (Fsp3) is 0.905. The maximum atomic E-state index is 13.2. The predicted octanol–water partition coefficient (Wildman–Crippen LogP) is 6.07. The van der Waals surface area contributed by atoms with Crippen molar-refractivity contribution in [1.29, 1.82) is 0 Å². The van der Waals surface area contributed by atoms with Gasteiger partial charge in [0.05, 0.1) is 26.4 Å². The highest BCUT2D eigenvalue weighted by atomic mass is 31.2. The Hall–Kier alpha value is -0.390. The van der Waals surface area contributed by atoms with Gasteiger partial charge in [-0.15, -0.1) is 0 Å². The van der Waals surface area contributed by atoms with Crippen molar-refractivity contribution < 1.29 is 27.6 Å². The zero-order valence-electron chi connectivity index (χ0n) is 18.5. The molecule has 1 aliphatic carbocycles. The van der Waals surface area contributed by atoms with Crippen LogP contribution in [-0.2, 0) is 27.6 Å². The lowest BCUT2D eigenvalue weighted by molar-refractivity contribution is -0.222. The Labute approximate surface area is 170 Å². The highest BCUT2D eigenvalue weighted by Gasteiger charge is 2.50. The average molecular weight is 419 g/mol. The summed E-state index contributed by atoms with van der Waals surface area (Å²) < 4.78 is 42.2. The second-order valence-electron chi connectivity index (χ2n) is 8.73. The van der Waals surface area contributed by atoms with E-state index in [0.29, 0.717) is 50.4 Å². The molecule has 0 amide bonds. The van der Waals surface area contributed by atoms with Gasteiger partial charge < -0.3 is 14.0 Å². The molecule has 0 bridgehead atoms. The van der Waals surface area contributed by atoms with Crippen LogP contribution in [0.25, 0.3) is 0 Å². The van der Waals surface area contributed by atoms with Gasteiger partial charge in [-0.2, -0.15) is 0 Å². The van der Waals surface area contributed by atoms with Gasteiger partial charge in [0.15, 0.2) is 5.79 Å². The van der Waals surface area contributed by atoms with Gasteiger partial charge in [-0.1, -0.05) is 47.5 Å². The van der Waals surface area contributed by atoms with E-state index in [0.717, 1.165) is 25.7 Å². The van der Waals surface area contributed by atoms with Gasteiger partial charge in [0, 0.05) is 11.8 Å². The van der Waals surface area contributed by atoms with E-state index in [9.17, 15) is 4.57 Å². The third-order valence-corrected chi connectivity index (χ3v) is 7.68. The number of hydrogen-bond acceptors (Lipinski definition) is 6. The Morgan fingerprint density at radius 1 is 1.07 bits per heavy atom. The molecule has 0 spiro atoms. The van der Waals surface area contributed by atoms with Crippen LogP contribution in [0.4, 0.5) is 0 Å². The van der Waals surface area contributed by atoms with Crippen LogP contribution in [0, 0.1) is 17.3 Å². The molecule has 1 aliphatic heterocycles. The Balaban J connectivity index is 2.03. The van der Waals surface area contributed by atoms with Gasteiger partial charge in [-0.25, -0.2) is 4.57 Å². The van der Waals surface area contributed by atoms with Gasteiger partial charge in [0.2, 0.25) is 0 Å². The van der Waals surface area contributed by atoms with Crippen molar-refractivity contribution in [2.24, 2.45) is 17.3 Å². The molecule has 0 N–H and O–H groups in total. The van der Waals surface area contributed by atoms with E-state index >= 15 is 0 Å². The molecular weight excluding hydrogens is 379 g/mol. The Bertz CT molecular complexity index is 553. The minimum absolute atomic E-state index is 0.143. The number of hydrogen-bond donors (Lipinski definition) is 0. The summed E-state index contributed by atoms with van der Waals surface area (Å²) in [7, 11) is -3.64. The number of allylic oxidation sites excluding steroid dienone is 2. The fourth-order valence-electron chi connectivity index (χ4n) is 3.21. The first-order valence-electron chi connectivity index (χ1n) is 10.7. The van der Waals surface area contributed by atoms with Crippen LogP contribution in [0.15, 0.2) is 11.8 Å². The summed E-state index contributed by atoms with van der Waals surface area (Å²) in [5, 5.41) is 0. The molecule has 0 aromatic heterocycles. The highest BCUT2D eigenvalue weighted by molar-refractivity contribution is 7.48. The monoisotopic (exact) mass is 418 g/mol. The van der Waals surface area contributed by atoms with E-state index in [4.69, 9.17) is 23.0 Å². The molecule has 2 aliphatic rings. The number of phosphoric acid groups is 1. The average Bonchev–Trinajstić information content (AvgIpc) is 3.14. The van der Waals surface area contributed by atoms with Crippen LogP contribution in [0.2, 0.25) is 0 Å². The molecule has 0 radical (unpaired) electrons. The zero-order chi connectivity index (χ0) is 20.8. The molecule has 0 aromatic rings. The molecule has 1 fully saturated rings. The third-order valence-electron chi connectivity index (χ3n) is 6.30. The molecule has 2 rings (SSSR count). The molecule has 6 nitrogen and oxygen atoms in total. The van der Waals surface area contributed by atoms with Crippen LogP contribution in [0.1, 0.15) is 73.6 Å². The standard InChI is InChI=1S/C21H39O6P/c1-7-17(3)15-25-28(22,26-16-18(4)8-2)27-19-9-11-20(5,12-10-19)21(6)23-13-14-24-21/h9,17-18H,7-8,10-16H2,1-6H3/t17-,18-,20?/m0/s1. The molecule has 164 valence electrons. The first-order valence-corrected chi connectivity index (χ1v) is 12.2. The fourth-order valence-corrected chi connectivity index (χ4v) is 4.71. The summed E-state index contributed by atoms with van der Waals surface area (Å²) in [4.78, 5) is 0. The molecule has 1 heterocycles. The van der Waals surface area contributed by atoms with Crippen molar-refractivity contribution >= 4 is 7.82 Å². The number of rotatable bonds is 11. The van der Waals surface area contributed by atoms with Crippen LogP contribution in [0.3, 0.4) is 0 Å². The molecule has 0 aromatic carbocycles. The molecule has 0 saturated carbocycles. The summed E-state index contributed by atoms with van der Waals surface area (Å²) in [5.41, 5.74) is -0.143. The van der Waals surface area contributed by atoms with E-state index in [2.05, 4.69) is 34.6 Å². The zero-order valence-corrected chi connectivity index (χ0v) is 19.4. The SMILES string of the molecule is CC[C@H](C)COP(=O)(OC[C@@H](C)CC)OC1=CCC(C)(C2(C)OCCO2)CC1. The number of phosphoric ester groups is 1. The first-order chi connectivity index (χ1) is 13.2. The minimum Gasteiger partial charge on any atom is -0.409 e. The van der Waals surface area contributed by atoms with Crippen LogP contribution in [0.5, 0.6) is 0 Å². The van der Waals surface area contributed by atoms with Crippen LogP contribution in [-0.4, -0.2) is 32.2 Å². The highest BCUT2D eigenvalue weighted by Crippen LogP contribution is 2.55. The molecule has 7 heteroatoms. The summed E-state index contributed by atoms with van der Waals surface area (Å²) in [6.45, 7) is 14.4. The largest absolute Gasteiger partial charge is 0.529 e. The topological polar surface area (TPSA) is 63.2 Å². The van der Waals surface area contributed by atoms with E-state index in [-0.39, 0.29) is 5.41 Å². The Morgan fingerprint density at radius 2 is 1.61 bits per heavy atom. The smallest absolute Gasteiger partial charge is 0.409 e.